The Kier molecular flexibility index (Phi) is 6.68. The summed E-state index contributed by atoms with van der Waals surface area (Å²) in [4.78, 5) is 34.9. The monoisotopic (exact) mass is 377 g/mol. The van der Waals surface area contributed by atoms with Crippen molar-refractivity contribution in [3.8, 4) is 0 Å². The topological polar surface area (TPSA) is 87.3 Å². The highest BCUT2D eigenvalue weighted by molar-refractivity contribution is 6.33. The summed E-state index contributed by atoms with van der Waals surface area (Å²) in [5.74, 6) is -1.90. The molecule has 0 aliphatic carbocycles. The summed E-state index contributed by atoms with van der Waals surface area (Å²) in [7, 11) is 0. The highest BCUT2D eigenvalue weighted by Gasteiger charge is 2.15. The summed E-state index contributed by atoms with van der Waals surface area (Å²) in [5.41, 5.74) is 0.764. The van der Waals surface area contributed by atoms with Gasteiger partial charge in [0.15, 0.2) is 0 Å². The van der Waals surface area contributed by atoms with Gasteiger partial charge in [-0.25, -0.2) is 4.39 Å². The Morgan fingerprint density at radius 2 is 1.58 bits per heavy atom. The lowest BCUT2D eigenvalue weighted by molar-refractivity contribution is -0.114. The lowest BCUT2D eigenvalue weighted by Crippen LogP contribution is -2.35. The van der Waals surface area contributed by atoms with E-state index in [0.29, 0.717) is 11.3 Å². The molecule has 26 heavy (non-hydrogen) atoms. The van der Waals surface area contributed by atoms with Gasteiger partial charge < -0.3 is 16.0 Å². The average molecular weight is 378 g/mol. The number of anilines is 1. The van der Waals surface area contributed by atoms with Gasteiger partial charge in [-0.15, -0.1) is 0 Å². The quantitative estimate of drug-likeness (QED) is 0.676. The Hall–Kier alpha value is -2.93. The fourth-order valence-corrected chi connectivity index (χ4v) is 2.41. The molecular formula is C18H17ClFN3O3. The van der Waals surface area contributed by atoms with Crippen molar-refractivity contribution in [2.24, 2.45) is 0 Å². The third-order valence-corrected chi connectivity index (χ3v) is 3.67. The molecule has 0 radical (unpaired) electrons. The molecular weight excluding hydrogens is 361 g/mol. The first-order valence-corrected chi connectivity index (χ1v) is 8.14. The Labute approximate surface area is 154 Å². The third-order valence-electron chi connectivity index (χ3n) is 3.35. The summed E-state index contributed by atoms with van der Waals surface area (Å²) in [6.07, 6.45) is 0. The predicted octanol–water partition coefficient (Wildman–Crippen LogP) is 2.60. The molecule has 0 heterocycles. The van der Waals surface area contributed by atoms with Crippen molar-refractivity contribution in [1.29, 1.82) is 0 Å². The number of halogens is 2. The van der Waals surface area contributed by atoms with Gasteiger partial charge in [0.05, 0.1) is 10.6 Å². The zero-order valence-corrected chi connectivity index (χ0v) is 14.7. The molecule has 0 saturated heterocycles. The Bertz CT molecular complexity index is 805. The average Bonchev–Trinajstić information content (AvgIpc) is 2.58. The maximum absolute atomic E-state index is 13.6. The number of carbonyl (C=O) groups is 3. The van der Waals surface area contributed by atoms with Crippen LogP contribution in [0.15, 0.2) is 42.5 Å². The van der Waals surface area contributed by atoms with Gasteiger partial charge >= 0.3 is 0 Å². The fourth-order valence-electron chi connectivity index (χ4n) is 2.17. The fraction of sp³-hybridized carbons (Fsp3) is 0.167. The Morgan fingerprint density at radius 3 is 2.15 bits per heavy atom. The van der Waals surface area contributed by atoms with Crippen molar-refractivity contribution in [2.75, 3.05) is 18.4 Å². The van der Waals surface area contributed by atoms with E-state index in [-0.39, 0.29) is 35.5 Å². The van der Waals surface area contributed by atoms with E-state index in [1.165, 1.54) is 19.1 Å². The molecule has 2 rings (SSSR count). The lowest BCUT2D eigenvalue weighted by atomic mass is 10.2. The van der Waals surface area contributed by atoms with Gasteiger partial charge in [-0.3, -0.25) is 14.4 Å². The zero-order chi connectivity index (χ0) is 19.1. The first-order chi connectivity index (χ1) is 12.4. The molecule has 2 aromatic carbocycles. The van der Waals surface area contributed by atoms with Crippen molar-refractivity contribution >= 4 is 35.0 Å². The second-order valence-electron chi connectivity index (χ2n) is 5.37. The van der Waals surface area contributed by atoms with Crippen LogP contribution in [0, 0.1) is 5.82 Å². The first-order valence-electron chi connectivity index (χ1n) is 7.76. The zero-order valence-electron chi connectivity index (χ0n) is 13.9. The summed E-state index contributed by atoms with van der Waals surface area (Å²) in [6.45, 7) is 1.66. The summed E-state index contributed by atoms with van der Waals surface area (Å²) in [5, 5.41) is 7.74. The van der Waals surface area contributed by atoms with Crippen LogP contribution in [0.5, 0.6) is 0 Å². The van der Waals surface area contributed by atoms with E-state index in [9.17, 15) is 18.8 Å². The van der Waals surface area contributed by atoms with Gasteiger partial charge in [0.25, 0.3) is 11.8 Å². The molecule has 3 N–H and O–H groups in total. The van der Waals surface area contributed by atoms with E-state index in [4.69, 9.17) is 11.6 Å². The van der Waals surface area contributed by atoms with Crippen molar-refractivity contribution in [2.45, 2.75) is 6.92 Å². The van der Waals surface area contributed by atoms with Gasteiger partial charge in [0.1, 0.15) is 5.82 Å². The van der Waals surface area contributed by atoms with Crippen molar-refractivity contribution in [3.63, 3.8) is 0 Å². The van der Waals surface area contributed by atoms with E-state index in [1.807, 2.05) is 0 Å². The molecule has 0 aliphatic heterocycles. The minimum absolute atomic E-state index is 0.0193. The molecule has 6 nitrogen and oxygen atoms in total. The second kappa shape index (κ2) is 8.96. The van der Waals surface area contributed by atoms with Crippen molar-refractivity contribution in [3.05, 3.63) is 64.4 Å². The molecule has 3 amide bonds. The third kappa shape index (κ3) is 5.29. The van der Waals surface area contributed by atoms with Crippen LogP contribution in [0.1, 0.15) is 27.6 Å². The molecule has 0 atom stereocenters. The minimum atomic E-state index is -0.710. The van der Waals surface area contributed by atoms with E-state index < -0.39 is 11.7 Å². The van der Waals surface area contributed by atoms with E-state index in [2.05, 4.69) is 16.0 Å². The Morgan fingerprint density at radius 1 is 0.962 bits per heavy atom. The maximum atomic E-state index is 13.6. The van der Waals surface area contributed by atoms with Gasteiger partial charge in [0, 0.05) is 31.3 Å². The van der Waals surface area contributed by atoms with Gasteiger partial charge in [-0.2, -0.15) is 0 Å². The summed E-state index contributed by atoms with van der Waals surface area (Å²) < 4.78 is 13.6. The van der Waals surface area contributed by atoms with Crippen LogP contribution in [-0.2, 0) is 4.79 Å². The molecule has 0 aromatic heterocycles. The van der Waals surface area contributed by atoms with Gasteiger partial charge in [0.2, 0.25) is 5.91 Å². The van der Waals surface area contributed by atoms with Crippen LogP contribution in [0.4, 0.5) is 10.1 Å². The van der Waals surface area contributed by atoms with Gasteiger partial charge in [-0.1, -0.05) is 17.7 Å². The van der Waals surface area contributed by atoms with Crippen LogP contribution in [0.2, 0.25) is 5.02 Å². The van der Waals surface area contributed by atoms with Crippen LogP contribution in [0.3, 0.4) is 0 Å². The van der Waals surface area contributed by atoms with Crippen LogP contribution < -0.4 is 16.0 Å². The molecule has 8 heteroatoms. The smallest absolute Gasteiger partial charge is 0.255 e. The largest absolute Gasteiger partial charge is 0.350 e. The molecule has 0 aliphatic rings. The summed E-state index contributed by atoms with van der Waals surface area (Å²) >= 11 is 5.82. The number of rotatable bonds is 6. The maximum Gasteiger partial charge on any atom is 0.255 e. The molecule has 136 valence electrons. The number of hydrogen-bond acceptors (Lipinski definition) is 3. The number of hydrogen-bond donors (Lipinski definition) is 3. The van der Waals surface area contributed by atoms with Gasteiger partial charge in [-0.05, 0) is 36.4 Å². The SMILES string of the molecule is CC(=O)Nc1ccc(C(=O)NCCNC(=O)c2c(F)cccc2Cl)cc1. The van der Waals surface area contributed by atoms with E-state index in [0.717, 1.165) is 6.07 Å². The standard InChI is InChI=1S/C18H17ClFN3O3/c1-11(24)23-13-7-5-12(6-8-13)17(25)21-9-10-22-18(26)16-14(19)3-2-4-15(16)20/h2-8H,9-10H2,1H3,(H,21,25)(H,22,26)(H,23,24). The van der Waals surface area contributed by atoms with Crippen LogP contribution >= 0.6 is 11.6 Å². The molecule has 0 saturated carbocycles. The Balaban J connectivity index is 1.81. The highest BCUT2D eigenvalue weighted by Crippen LogP contribution is 2.18. The molecule has 0 unspecified atom stereocenters. The van der Waals surface area contributed by atoms with E-state index in [1.54, 1.807) is 24.3 Å². The molecule has 2 aromatic rings. The lowest BCUT2D eigenvalue weighted by Gasteiger charge is -2.09. The predicted molar refractivity (Wildman–Crippen MR) is 96.8 cm³/mol. The first kappa shape index (κ1) is 19.4. The van der Waals surface area contributed by atoms with Crippen molar-refractivity contribution in [1.82, 2.24) is 10.6 Å². The number of nitrogens with one attached hydrogen (secondary N) is 3. The van der Waals surface area contributed by atoms with E-state index >= 15 is 0 Å². The van der Waals surface area contributed by atoms with Crippen LogP contribution in [0.25, 0.3) is 0 Å². The number of amides is 3. The highest BCUT2D eigenvalue weighted by atomic mass is 35.5. The minimum Gasteiger partial charge on any atom is -0.350 e. The number of benzene rings is 2. The molecule has 0 bridgehead atoms. The molecule has 0 spiro atoms. The summed E-state index contributed by atoms with van der Waals surface area (Å²) in [6, 6.07) is 10.3. The normalized spacial score (nSPS) is 10.1. The van der Waals surface area contributed by atoms with Crippen molar-refractivity contribution < 1.29 is 18.8 Å². The second-order valence-corrected chi connectivity index (χ2v) is 5.77. The number of carbonyl (C=O) groups excluding carboxylic acids is 3. The molecule has 0 fully saturated rings. The van der Waals surface area contributed by atoms with Crippen LogP contribution in [-0.4, -0.2) is 30.8 Å².